The summed E-state index contributed by atoms with van der Waals surface area (Å²) >= 11 is 1.84. The molecule has 1 aromatic heterocycles. The van der Waals surface area contributed by atoms with E-state index in [1.807, 2.05) is 17.5 Å². The number of nitrogens with one attached hydrogen (secondary N) is 1. The Morgan fingerprint density at radius 3 is 2.94 bits per heavy atom. The number of nitrogens with zero attached hydrogens (tertiary/aromatic N) is 1. The largest absolute Gasteiger partial charge is 0.309 e. The summed E-state index contributed by atoms with van der Waals surface area (Å²) in [4.78, 5) is 5.76. The molecule has 1 saturated carbocycles. The third-order valence-electron chi connectivity index (χ3n) is 3.44. The van der Waals surface area contributed by atoms with Crippen molar-refractivity contribution in [1.82, 2.24) is 10.3 Å². The van der Waals surface area contributed by atoms with Crippen LogP contribution in [0.2, 0.25) is 0 Å². The van der Waals surface area contributed by atoms with Gasteiger partial charge in [0, 0.05) is 23.7 Å². The van der Waals surface area contributed by atoms with Gasteiger partial charge in [-0.3, -0.25) is 0 Å². The highest BCUT2D eigenvalue weighted by molar-refractivity contribution is 7.11. The van der Waals surface area contributed by atoms with E-state index in [0.29, 0.717) is 11.5 Å². The molecule has 2 rings (SSSR count). The van der Waals surface area contributed by atoms with Crippen molar-refractivity contribution in [1.29, 1.82) is 0 Å². The summed E-state index contributed by atoms with van der Waals surface area (Å²) in [6.45, 7) is 7.90. The van der Waals surface area contributed by atoms with Crippen molar-refractivity contribution >= 4 is 11.3 Å². The minimum absolute atomic E-state index is 0.542. The van der Waals surface area contributed by atoms with Gasteiger partial charge >= 0.3 is 0 Å². The van der Waals surface area contributed by atoms with Crippen LogP contribution in [0, 0.1) is 5.41 Å². The smallest absolute Gasteiger partial charge is 0.0925 e. The van der Waals surface area contributed by atoms with Crippen LogP contribution in [0.15, 0.2) is 6.20 Å². The fraction of sp³-hybridized carbons (Fsp3) is 0.769. The molecule has 1 unspecified atom stereocenters. The number of aryl methyl sites for hydroxylation is 1. The Bertz CT molecular complexity index is 343. The van der Waals surface area contributed by atoms with Gasteiger partial charge in [-0.1, -0.05) is 20.8 Å². The molecule has 0 aromatic carbocycles. The molecule has 0 aliphatic heterocycles. The van der Waals surface area contributed by atoms with Crippen LogP contribution in [0.1, 0.15) is 49.9 Å². The molecule has 0 spiro atoms. The summed E-state index contributed by atoms with van der Waals surface area (Å²) in [5.41, 5.74) is 0.542. The predicted molar refractivity (Wildman–Crippen MR) is 69.8 cm³/mol. The van der Waals surface area contributed by atoms with Crippen molar-refractivity contribution in [2.45, 2.75) is 59.0 Å². The van der Waals surface area contributed by atoms with E-state index >= 15 is 0 Å². The topological polar surface area (TPSA) is 24.9 Å². The summed E-state index contributed by atoms with van der Waals surface area (Å²) in [6, 6.07) is 0.710. The Morgan fingerprint density at radius 1 is 1.56 bits per heavy atom. The van der Waals surface area contributed by atoms with E-state index in [4.69, 9.17) is 0 Å². The van der Waals surface area contributed by atoms with Gasteiger partial charge in [0.2, 0.25) is 0 Å². The highest BCUT2D eigenvalue weighted by atomic mass is 32.1. The first-order valence-electron chi connectivity index (χ1n) is 6.26. The highest BCUT2D eigenvalue weighted by Gasteiger charge is 2.30. The van der Waals surface area contributed by atoms with Crippen LogP contribution in [0.4, 0.5) is 0 Å². The van der Waals surface area contributed by atoms with Crippen molar-refractivity contribution in [2.24, 2.45) is 5.41 Å². The van der Waals surface area contributed by atoms with E-state index in [0.717, 1.165) is 13.0 Å². The quantitative estimate of drug-likeness (QED) is 0.870. The molecule has 1 atom stereocenters. The molecule has 90 valence electrons. The first-order chi connectivity index (χ1) is 7.59. The van der Waals surface area contributed by atoms with Crippen molar-refractivity contribution in [2.75, 3.05) is 0 Å². The van der Waals surface area contributed by atoms with E-state index in [1.54, 1.807) is 0 Å². The number of aromatic nitrogens is 1. The zero-order valence-electron chi connectivity index (χ0n) is 10.5. The summed E-state index contributed by atoms with van der Waals surface area (Å²) in [6.07, 6.45) is 7.07. The van der Waals surface area contributed by atoms with Gasteiger partial charge in [0.25, 0.3) is 0 Å². The average molecular weight is 238 g/mol. The predicted octanol–water partition coefficient (Wildman–Crippen LogP) is 3.37. The summed E-state index contributed by atoms with van der Waals surface area (Å²) in [5, 5.41) is 4.91. The Hall–Kier alpha value is -0.410. The van der Waals surface area contributed by atoms with Crippen LogP contribution in [0.3, 0.4) is 0 Å². The molecule has 0 amide bonds. The molecule has 2 nitrogen and oxygen atoms in total. The Labute approximate surface area is 102 Å². The molecule has 1 aliphatic carbocycles. The molecular formula is C13H22N2S. The van der Waals surface area contributed by atoms with Gasteiger partial charge in [-0.2, -0.15) is 0 Å². The van der Waals surface area contributed by atoms with Crippen molar-refractivity contribution in [3.05, 3.63) is 16.1 Å². The first-order valence-corrected chi connectivity index (χ1v) is 7.08. The van der Waals surface area contributed by atoms with Crippen LogP contribution in [0.5, 0.6) is 0 Å². The van der Waals surface area contributed by atoms with Gasteiger partial charge < -0.3 is 5.32 Å². The summed E-state index contributed by atoms with van der Waals surface area (Å²) < 4.78 is 0. The number of hydrogen-bond donors (Lipinski definition) is 1. The number of rotatable bonds is 4. The summed E-state index contributed by atoms with van der Waals surface area (Å²) in [7, 11) is 0. The van der Waals surface area contributed by atoms with Crippen LogP contribution < -0.4 is 5.32 Å². The van der Waals surface area contributed by atoms with Crippen LogP contribution >= 0.6 is 11.3 Å². The maximum Gasteiger partial charge on any atom is 0.0925 e. The molecule has 0 radical (unpaired) electrons. The Balaban J connectivity index is 1.80. The van der Waals surface area contributed by atoms with Gasteiger partial charge in [-0.15, -0.1) is 11.3 Å². The normalized spacial score (nSPS) is 23.8. The maximum absolute atomic E-state index is 4.39. The lowest BCUT2D eigenvalue weighted by atomic mass is 9.92. The molecule has 0 saturated heterocycles. The lowest BCUT2D eigenvalue weighted by Gasteiger charge is -2.17. The second kappa shape index (κ2) is 4.84. The molecule has 1 aromatic rings. The maximum atomic E-state index is 4.39. The van der Waals surface area contributed by atoms with E-state index < -0.39 is 0 Å². The SMILES string of the molecule is CCc1ncc(CNC2CCC(C)(C)C2)s1. The van der Waals surface area contributed by atoms with Crippen molar-refractivity contribution in [3.8, 4) is 0 Å². The zero-order chi connectivity index (χ0) is 11.6. The third kappa shape index (κ3) is 3.05. The molecule has 3 heteroatoms. The van der Waals surface area contributed by atoms with Gasteiger partial charge in [0.15, 0.2) is 0 Å². The molecule has 1 heterocycles. The minimum atomic E-state index is 0.542. The van der Waals surface area contributed by atoms with Crippen LogP contribution in [0.25, 0.3) is 0 Å². The third-order valence-corrected chi connectivity index (χ3v) is 4.58. The number of thiazole rings is 1. The Morgan fingerprint density at radius 2 is 2.38 bits per heavy atom. The van der Waals surface area contributed by atoms with Gasteiger partial charge in [-0.25, -0.2) is 4.98 Å². The molecular weight excluding hydrogens is 216 g/mol. The second-order valence-electron chi connectivity index (χ2n) is 5.56. The standard InChI is InChI=1S/C13H22N2S/c1-4-12-15-9-11(16-12)8-14-10-5-6-13(2,3)7-10/h9-10,14H,4-8H2,1-3H3. The number of hydrogen-bond acceptors (Lipinski definition) is 3. The molecule has 1 fully saturated rings. The van der Waals surface area contributed by atoms with Gasteiger partial charge in [-0.05, 0) is 31.1 Å². The highest BCUT2D eigenvalue weighted by Crippen LogP contribution is 2.37. The van der Waals surface area contributed by atoms with E-state index in [2.05, 4.69) is 31.1 Å². The average Bonchev–Trinajstić information content (AvgIpc) is 2.81. The van der Waals surface area contributed by atoms with E-state index in [9.17, 15) is 0 Å². The van der Waals surface area contributed by atoms with E-state index in [1.165, 1.54) is 29.1 Å². The zero-order valence-corrected chi connectivity index (χ0v) is 11.4. The van der Waals surface area contributed by atoms with Crippen LogP contribution in [-0.4, -0.2) is 11.0 Å². The van der Waals surface area contributed by atoms with Gasteiger partial charge in [0.05, 0.1) is 5.01 Å². The minimum Gasteiger partial charge on any atom is -0.309 e. The molecule has 16 heavy (non-hydrogen) atoms. The van der Waals surface area contributed by atoms with E-state index in [-0.39, 0.29) is 0 Å². The first kappa shape index (κ1) is 12.1. The fourth-order valence-electron chi connectivity index (χ4n) is 2.45. The Kier molecular flexibility index (Phi) is 3.65. The van der Waals surface area contributed by atoms with Crippen molar-refractivity contribution in [3.63, 3.8) is 0 Å². The molecule has 0 bridgehead atoms. The molecule has 1 N–H and O–H groups in total. The van der Waals surface area contributed by atoms with Crippen LogP contribution in [-0.2, 0) is 13.0 Å². The van der Waals surface area contributed by atoms with Crippen molar-refractivity contribution < 1.29 is 0 Å². The van der Waals surface area contributed by atoms with Gasteiger partial charge in [0.1, 0.15) is 0 Å². The lowest BCUT2D eigenvalue weighted by Crippen LogP contribution is -2.26. The monoisotopic (exact) mass is 238 g/mol. The summed E-state index contributed by atoms with van der Waals surface area (Å²) in [5.74, 6) is 0. The fourth-order valence-corrected chi connectivity index (χ4v) is 3.26. The molecule has 1 aliphatic rings. The second-order valence-corrected chi connectivity index (χ2v) is 6.76. The lowest BCUT2D eigenvalue weighted by molar-refractivity contribution is 0.364.